The summed E-state index contributed by atoms with van der Waals surface area (Å²) < 4.78 is 16.7. The third-order valence-electron chi connectivity index (χ3n) is 3.19. The molecule has 0 saturated carbocycles. The summed E-state index contributed by atoms with van der Waals surface area (Å²) in [6.45, 7) is 8.09. The lowest BCUT2D eigenvalue weighted by Gasteiger charge is -2.43. The molecule has 0 aliphatic carbocycles. The highest BCUT2D eigenvalue weighted by atomic mass is 16.5. The lowest BCUT2D eigenvalue weighted by atomic mass is 9.86. The van der Waals surface area contributed by atoms with Gasteiger partial charge in [-0.2, -0.15) is 0 Å². The second-order valence-electron chi connectivity index (χ2n) is 4.18. The molecule has 1 N–H and O–H groups in total. The van der Waals surface area contributed by atoms with E-state index in [0.717, 1.165) is 39.2 Å². The van der Waals surface area contributed by atoms with Crippen LogP contribution in [-0.2, 0) is 14.2 Å². The second kappa shape index (κ2) is 7.22. The van der Waals surface area contributed by atoms with Gasteiger partial charge >= 0.3 is 0 Å². The van der Waals surface area contributed by atoms with Gasteiger partial charge in [0, 0.05) is 39.8 Å². The van der Waals surface area contributed by atoms with Gasteiger partial charge in [0.15, 0.2) is 0 Å². The highest BCUT2D eigenvalue weighted by Gasteiger charge is 2.40. The van der Waals surface area contributed by atoms with Crippen molar-refractivity contribution in [3.63, 3.8) is 0 Å². The Kier molecular flexibility index (Phi) is 6.28. The van der Waals surface area contributed by atoms with Crippen molar-refractivity contribution < 1.29 is 14.2 Å². The maximum Gasteiger partial charge on any atom is 0.0900 e. The summed E-state index contributed by atoms with van der Waals surface area (Å²) in [6.07, 6.45) is 1.89. The smallest absolute Gasteiger partial charge is 0.0900 e. The van der Waals surface area contributed by atoms with Gasteiger partial charge in [-0.25, -0.2) is 0 Å². The van der Waals surface area contributed by atoms with E-state index in [1.54, 1.807) is 7.11 Å². The Bertz CT molecular complexity index is 170. The third kappa shape index (κ3) is 3.42. The highest BCUT2D eigenvalue weighted by Crippen LogP contribution is 2.29. The van der Waals surface area contributed by atoms with Gasteiger partial charge in [0.25, 0.3) is 0 Å². The van der Waals surface area contributed by atoms with Crippen LogP contribution >= 0.6 is 0 Å². The molecular weight excluding hydrogens is 206 g/mol. The number of nitrogens with one attached hydrogen (secondary N) is 1. The average molecular weight is 231 g/mol. The molecule has 0 amide bonds. The average Bonchev–Trinajstić information content (AvgIpc) is 2.30. The minimum atomic E-state index is -0.112. The van der Waals surface area contributed by atoms with Crippen molar-refractivity contribution in [3.8, 4) is 0 Å². The molecule has 0 bridgehead atoms. The predicted octanol–water partition coefficient (Wildman–Crippen LogP) is 1.20. The molecule has 4 heteroatoms. The van der Waals surface area contributed by atoms with Gasteiger partial charge in [-0.1, -0.05) is 6.92 Å². The van der Waals surface area contributed by atoms with Gasteiger partial charge in [0.05, 0.1) is 18.2 Å². The molecule has 1 aliphatic heterocycles. The molecular formula is C12H25NO3. The Morgan fingerprint density at radius 3 is 2.50 bits per heavy atom. The molecule has 1 heterocycles. The molecule has 1 atom stereocenters. The topological polar surface area (TPSA) is 39.7 Å². The van der Waals surface area contributed by atoms with E-state index in [1.165, 1.54) is 0 Å². The first-order chi connectivity index (χ1) is 7.79. The minimum absolute atomic E-state index is 0.112. The monoisotopic (exact) mass is 231 g/mol. The summed E-state index contributed by atoms with van der Waals surface area (Å²) >= 11 is 0. The predicted molar refractivity (Wildman–Crippen MR) is 63.8 cm³/mol. The van der Waals surface area contributed by atoms with E-state index in [2.05, 4.69) is 12.2 Å². The first-order valence-electron chi connectivity index (χ1n) is 6.23. The van der Waals surface area contributed by atoms with E-state index in [4.69, 9.17) is 14.2 Å². The molecule has 1 unspecified atom stereocenters. The van der Waals surface area contributed by atoms with E-state index >= 15 is 0 Å². The quantitative estimate of drug-likeness (QED) is 0.714. The fourth-order valence-electron chi connectivity index (χ4n) is 2.41. The SMILES string of the molecule is CCNC(COC)C1(OCC)CCOCC1. The van der Waals surface area contributed by atoms with Crippen molar-refractivity contribution in [2.75, 3.05) is 40.1 Å². The standard InChI is InChI=1S/C12H25NO3/c1-4-13-11(10-14-3)12(16-5-2)6-8-15-9-7-12/h11,13H,4-10H2,1-3H3. The molecule has 0 aromatic carbocycles. The van der Waals surface area contributed by atoms with E-state index in [0.29, 0.717) is 6.61 Å². The molecule has 0 spiro atoms. The number of ether oxygens (including phenoxy) is 3. The number of likely N-dealkylation sites (N-methyl/N-ethyl adjacent to an activating group) is 1. The minimum Gasteiger partial charge on any atom is -0.383 e. The van der Waals surface area contributed by atoms with Crippen molar-refractivity contribution in [1.82, 2.24) is 5.32 Å². The maximum absolute atomic E-state index is 6.02. The third-order valence-corrected chi connectivity index (χ3v) is 3.19. The van der Waals surface area contributed by atoms with E-state index in [1.807, 2.05) is 6.92 Å². The van der Waals surface area contributed by atoms with Crippen LogP contribution in [0.25, 0.3) is 0 Å². The molecule has 1 aliphatic rings. The Labute approximate surface area is 98.6 Å². The highest BCUT2D eigenvalue weighted by molar-refractivity contribution is 4.95. The molecule has 16 heavy (non-hydrogen) atoms. The Morgan fingerprint density at radius 2 is 2.00 bits per heavy atom. The normalized spacial score (nSPS) is 21.9. The lowest BCUT2D eigenvalue weighted by Crippen LogP contribution is -2.57. The van der Waals surface area contributed by atoms with Gasteiger partial charge in [0.2, 0.25) is 0 Å². The van der Waals surface area contributed by atoms with Crippen LogP contribution in [0.3, 0.4) is 0 Å². The molecule has 96 valence electrons. The van der Waals surface area contributed by atoms with Crippen LogP contribution in [0, 0.1) is 0 Å². The first kappa shape index (κ1) is 13.9. The molecule has 1 saturated heterocycles. The number of hydrogen-bond acceptors (Lipinski definition) is 4. The van der Waals surface area contributed by atoms with Crippen molar-refractivity contribution >= 4 is 0 Å². The zero-order valence-electron chi connectivity index (χ0n) is 10.8. The van der Waals surface area contributed by atoms with Gasteiger partial charge in [0.1, 0.15) is 0 Å². The largest absolute Gasteiger partial charge is 0.383 e. The van der Waals surface area contributed by atoms with Gasteiger partial charge < -0.3 is 19.5 Å². The van der Waals surface area contributed by atoms with E-state index < -0.39 is 0 Å². The zero-order valence-corrected chi connectivity index (χ0v) is 10.8. The van der Waals surface area contributed by atoms with Crippen LogP contribution in [0.1, 0.15) is 26.7 Å². The summed E-state index contributed by atoms with van der Waals surface area (Å²) in [6, 6.07) is 0.256. The van der Waals surface area contributed by atoms with Crippen LogP contribution in [0.2, 0.25) is 0 Å². The molecule has 0 radical (unpaired) electrons. The first-order valence-corrected chi connectivity index (χ1v) is 6.23. The summed E-state index contributed by atoms with van der Waals surface area (Å²) in [7, 11) is 1.74. The van der Waals surface area contributed by atoms with Crippen LogP contribution in [0.4, 0.5) is 0 Å². The van der Waals surface area contributed by atoms with Crippen LogP contribution in [-0.4, -0.2) is 51.7 Å². The number of methoxy groups -OCH3 is 1. The Hall–Kier alpha value is -0.160. The van der Waals surface area contributed by atoms with Crippen molar-refractivity contribution in [2.24, 2.45) is 0 Å². The van der Waals surface area contributed by atoms with Crippen molar-refractivity contribution in [3.05, 3.63) is 0 Å². The van der Waals surface area contributed by atoms with Crippen molar-refractivity contribution in [1.29, 1.82) is 0 Å². The van der Waals surface area contributed by atoms with Crippen molar-refractivity contribution in [2.45, 2.75) is 38.3 Å². The van der Waals surface area contributed by atoms with Crippen LogP contribution < -0.4 is 5.32 Å². The van der Waals surface area contributed by atoms with Crippen LogP contribution in [0.5, 0.6) is 0 Å². The maximum atomic E-state index is 6.02. The van der Waals surface area contributed by atoms with Gasteiger partial charge in [-0.3, -0.25) is 0 Å². The van der Waals surface area contributed by atoms with E-state index in [-0.39, 0.29) is 11.6 Å². The summed E-state index contributed by atoms with van der Waals surface area (Å²) in [5.41, 5.74) is -0.112. The van der Waals surface area contributed by atoms with Gasteiger partial charge in [-0.15, -0.1) is 0 Å². The summed E-state index contributed by atoms with van der Waals surface area (Å²) in [5.74, 6) is 0. The molecule has 4 nitrogen and oxygen atoms in total. The van der Waals surface area contributed by atoms with Crippen LogP contribution in [0.15, 0.2) is 0 Å². The molecule has 0 aromatic rings. The molecule has 0 aromatic heterocycles. The number of hydrogen-bond donors (Lipinski definition) is 1. The zero-order chi connectivity index (χ0) is 11.9. The molecule has 1 rings (SSSR count). The Balaban J connectivity index is 2.69. The number of rotatable bonds is 7. The second-order valence-corrected chi connectivity index (χ2v) is 4.18. The Morgan fingerprint density at radius 1 is 1.31 bits per heavy atom. The summed E-state index contributed by atoms with van der Waals surface area (Å²) in [5, 5.41) is 3.47. The molecule has 1 fully saturated rings. The lowest BCUT2D eigenvalue weighted by molar-refractivity contribution is -0.135. The summed E-state index contributed by atoms with van der Waals surface area (Å²) in [4.78, 5) is 0. The van der Waals surface area contributed by atoms with Gasteiger partial charge in [-0.05, 0) is 13.5 Å². The fraction of sp³-hybridized carbons (Fsp3) is 1.00. The van der Waals surface area contributed by atoms with E-state index in [9.17, 15) is 0 Å². The fourth-order valence-corrected chi connectivity index (χ4v) is 2.41.